The molecular weight excluding hydrogens is 424 g/mol. The second kappa shape index (κ2) is 9.48. The van der Waals surface area contributed by atoms with Crippen molar-refractivity contribution < 1.29 is 14.3 Å². The zero-order valence-electron chi connectivity index (χ0n) is 18.4. The van der Waals surface area contributed by atoms with Gasteiger partial charge in [0, 0.05) is 12.2 Å². The number of hydrogen-bond donors (Lipinski definition) is 1. The Labute approximate surface area is 191 Å². The second-order valence-corrected chi connectivity index (χ2v) is 8.66. The van der Waals surface area contributed by atoms with E-state index in [4.69, 9.17) is 9.47 Å². The minimum absolute atomic E-state index is 0.0917. The van der Waals surface area contributed by atoms with Gasteiger partial charge >= 0.3 is 0 Å². The van der Waals surface area contributed by atoms with Crippen LogP contribution in [0.1, 0.15) is 28.6 Å². The predicted molar refractivity (Wildman–Crippen MR) is 126 cm³/mol. The van der Waals surface area contributed by atoms with E-state index >= 15 is 0 Å². The van der Waals surface area contributed by atoms with Gasteiger partial charge < -0.3 is 14.8 Å². The smallest absolute Gasteiger partial charge is 0.234 e. The van der Waals surface area contributed by atoms with Crippen molar-refractivity contribution in [1.82, 2.24) is 14.8 Å². The van der Waals surface area contributed by atoms with E-state index in [1.165, 1.54) is 17.3 Å². The van der Waals surface area contributed by atoms with Crippen LogP contribution in [-0.2, 0) is 11.3 Å². The van der Waals surface area contributed by atoms with Crippen molar-refractivity contribution in [1.29, 1.82) is 0 Å². The summed E-state index contributed by atoms with van der Waals surface area (Å²) >= 11 is 1.33. The van der Waals surface area contributed by atoms with Crippen molar-refractivity contribution in [2.24, 2.45) is 0 Å². The van der Waals surface area contributed by atoms with Crippen LogP contribution in [0.25, 0.3) is 0 Å². The third kappa shape index (κ3) is 4.65. The molecule has 1 aromatic heterocycles. The maximum Gasteiger partial charge on any atom is 0.234 e. The largest absolute Gasteiger partial charge is 0.485 e. The number of allylic oxidation sites excluding steroid dienone is 1. The molecule has 3 aromatic rings. The van der Waals surface area contributed by atoms with Gasteiger partial charge in [-0.1, -0.05) is 47.7 Å². The molecule has 1 aliphatic rings. The third-order valence-corrected chi connectivity index (χ3v) is 6.09. The Morgan fingerprint density at radius 1 is 1.22 bits per heavy atom. The summed E-state index contributed by atoms with van der Waals surface area (Å²) in [5.41, 5.74) is 4.13. The van der Waals surface area contributed by atoms with E-state index < -0.39 is 6.10 Å². The zero-order chi connectivity index (χ0) is 22.7. The molecule has 0 radical (unpaired) electrons. The topological polar surface area (TPSA) is 78.3 Å². The molecule has 166 valence electrons. The molecule has 1 atom stereocenters. The van der Waals surface area contributed by atoms with Crippen LogP contribution in [0, 0.1) is 20.8 Å². The molecule has 1 amide bonds. The summed E-state index contributed by atoms with van der Waals surface area (Å²) in [6.07, 6.45) is 1.38. The third-order valence-electron chi connectivity index (χ3n) is 5.13. The van der Waals surface area contributed by atoms with Gasteiger partial charge in [0.25, 0.3) is 0 Å². The lowest BCUT2D eigenvalue weighted by molar-refractivity contribution is -0.113. The Bertz CT molecular complexity index is 1130. The van der Waals surface area contributed by atoms with Crippen LogP contribution >= 0.6 is 11.8 Å². The predicted octanol–water partition coefficient (Wildman–Crippen LogP) is 4.63. The summed E-state index contributed by atoms with van der Waals surface area (Å²) in [4.78, 5) is 12.6. The van der Waals surface area contributed by atoms with Gasteiger partial charge in [0.15, 0.2) is 28.6 Å². The summed E-state index contributed by atoms with van der Waals surface area (Å²) in [5.74, 6) is 2.16. The highest BCUT2D eigenvalue weighted by Crippen LogP contribution is 2.36. The van der Waals surface area contributed by atoms with Gasteiger partial charge in [0.05, 0.1) is 5.75 Å². The lowest BCUT2D eigenvalue weighted by atomic mass is 10.1. The van der Waals surface area contributed by atoms with Crippen molar-refractivity contribution in [3.05, 3.63) is 71.6 Å². The molecule has 1 aliphatic heterocycles. The van der Waals surface area contributed by atoms with Gasteiger partial charge in [-0.2, -0.15) is 0 Å². The summed E-state index contributed by atoms with van der Waals surface area (Å²) < 4.78 is 13.8. The van der Waals surface area contributed by atoms with Crippen LogP contribution < -0.4 is 14.8 Å². The summed E-state index contributed by atoms with van der Waals surface area (Å²) in [6, 6.07) is 11.7. The average Bonchev–Trinajstić information content (AvgIpc) is 3.17. The van der Waals surface area contributed by atoms with Crippen molar-refractivity contribution in [2.75, 3.05) is 17.7 Å². The molecule has 7 nitrogen and oxygen atoms in total. The maximum atomic E-state index is 12.6. The Hall–Kier alpha value is -3.26. The molecule has 0 saturated carbocycles. The quantitative estimate of drug-likeness (QED) is 0.418. The molecule has 0 bridgehead atoms. The number of carbonyl (C=O) groups excluding carboxylic acids is 1. The number of ether oxygens (including phenoxy) is 2. The molecule has 8 heteroatoms. The maximum absolute atomic E-state index is 12.6. The Kier molecular flexibility index (Phi) is 6.50. The van der Waals surface area contributed by atoms with E-state index in [0.29, 0.717) is 35.6 Å². The normalized spacial score (nSPS) is 14.8. The minimum atomic E-state index is -0.390. The number of anilines is 1. The zero-order valence-corrected chi connectivity index (χ0v) is 19.2. The first-order valence-electron chi connectivity index (χ1n) is 10.4. The van der Waals surface area contributed by atoms with E-state index in [2.05, 4.69) is 34.2 Å². The van der Waals surface area contributed by atoms with E-state index in [1.54, 1.807) is 6.08 Å². The second-order valence-electron chi connectivity index (χ2n) is 7.71. The van der Waals surface area contributed by atoms with Gasteiger partial charge in [-0.25, -0.2) is 0 Å². The molecule has 1 N–H and O–H groups in total. The van der Waals surface area contributed by atoms with Gasteiger partial charge in [-0.05, 0) is 44.0 Å². The number of rotatable bonds is 7. The van der Waals surface area contributed by atoms with E-state index in [0.717, 1.165) is 16.8 Å². The molecule has 0 fully saturated rings. The highest BCUT2D eigenvalue weighted by molar-refractivity contribution is 7.99. The Morgan fingerprint density at radius 2 is 1.94 bits per heavy atom. The van der Waals surface area contributed by atoms with Crippen LogP contribution in [0.4, 0.5) is 5.69 Å². The van der Waals surface area contributed by atoms with Crippen molar-refractivity contribution in [3.8, 4) is 11.5 Å². The minimum Gasteiger partial charge on any atom is -0.485 e. The average molecular weight is 451 g/mol. The monoisotopic (exact) mass is 450 g/mol. The molecule has 0 aliphatic carbocycles. The summed E-state index contributed by atoms with van der Waals surface area (Å²) in [7, 11) is 0. The van der Waals surface area contributed by atoms with Gasteiger partial charge in [0.1, 0.15) is 6.61 Å². The van der Waals surface area contributed by atoms with Crippen LogP contribution in [0.3, 0.4) is 0 Å². The highest BCUT2D eigenvalue weighted by Gasteiger charge is 2.28. The first kappa shape index (κ1) is 22.0. The van der Waals surface area contributed by atoms with Crippen LogP contribution in [0.15, 0.2) is 54.2 Å². The number of hydrogen-bond acceptors (Lipinski definition) is 6. The molecule has 0 saturated heterocycles. The van der Waals surface area contributed by atoms with E-state index in [1.807, 2.05) is 49.6 Å². The number of aromatic nitrogens is 3. The first-order chi connectivity index (χ1) is 15.5. The van der Waals surface area contributed by atoms with Crippen LogP contribution in [-0.4, -0.2) is 33.0 Å². The fraction of sp³-hybridized carbons (Fsp3) is 0.292. The summed E-state index contributed by atoms with van der Waals surface area (Å²) in [6.45, 7) is 10.7. The lowest BCUT2D eigenvalue weighted by Gasteiger charge is -2.26. The van der Waals surface area contributed by atoms with Crippen LogP contribution in [0.5, 0.6) is 11.5 Å². The van der Waals surface area contributed by atoms with Gasteiger partial charge in [-0.3, -0.25) is 9.36 Å². The number of carbonyl (C=O) groups is 1. The van der Waals surface area contributed by atoms with Crippen molar-refractivity contribution in [3.63, 3.8) is 0 Å². The molecule has 2 aromatic carbocycles. The Balaban J connectivity index is 1.46. The number of benzene rings is 2. The molecule has 4 rings (SSSR count). The number of amides is 1. The molecular formula is C24H26N4O3S. The number of thioether (sulfide) groups is 1. The van der Waals surface area contributed by atoms with Crippen LogP contribution in [0.2, 0.25) is 0 Å². The van der Waals surface area contributed by atoms with Gasteiger partial charge in [0.2, 0.25) is 5.91 Å². The number of nitrogens with zero attached hydrogens (tertiary/aromatic N) is 3. The number of fused-ring (bicyclic) bond motifs is 1. The van der Waals surface area contributed by atoms with Crippen molar-refractivity contribution >= 4 is 23.4 Å². The lowest BCUT2D eigenvalue weighted by Crippen LogP contribution is -2.25. The summed E-state index contributed by atoms with van der Waals surface area (Å²) in [5, 5.41) is 12.3. The van der Waals surface area contributed by atoms with E-state index in [-0.39, 0.29) is 11.7 Å². The van der Waals surface area contributed by atoms with Gasteiger partial charge in [-0.15, -0.1) is 16.8 Å². The fourth-order valence-electron chi connectivity index (χ4n) is 3.78. The number of aryl methyl sites for hydroxylation is 3. The fourth-order valence-corrected chi connectivity index (χ4v) is 4.53. The molecule has 0 spiro atoms. The number of para-hydroxylation sites is 2. The highest BCUT2D eigenvalue weighted by atomic mass is 32.2. The molecule has 1 unspecified atom stereocenters. The molecule has 32 heavy (non-hydrogen) atoms. The SMILES string of the molecule is C=CCn1c(SCC(=O)Nc2c(C)cc(C)cc2C)nnc1C1COc2ccccc2O1. The van der Waals surface area contributed by atoms with Crippen molar-refractivity contribution in [2.45, 2.75) is 38.6 Å². The first-order valence-corrected chi connectivity index (χ1v) is 11.4. The van der Waals surface area contributed by atoms with E-state index in [9.17, 15) is 4.79 Å². The standard InChI is InChI=1S/C24H26N4O3S/c1-5-10-28-23(20-13-30-18-8-6-7-9-19(18)31-20)26-27-24(28)32-14-21(29)25-22-16(3)11-15(2)12-17(22)4/h5-9,11-12,20H,1,10,13-14H2,2-4H3,(H,25,29). The molecule has 2 heterocycles. The number of nitrogens with one attached hydrogen (secondary N) is 1. The Morgan fingerprint density at radius 3 is 2.66 bits per heavy atom.